The summed E-state index contributed by atoms with van der Waals surface area (Å²) in [5.74, 6) is -0.301. The van der Waals surface area contributed by atoms with Gasteiger partial charge in [-0.1, -0.05) is 6.07 Å². The molecule has 5 N–H and O–H groups in total. The summed E-state index contributed by atoms with van der Waals surface area (Å²) < 4.78 is 1.43. The molecule has 0 fully saturated rings. The maximum atomic E-state index is 12.8. The SMILES string of the molecule is C/N=C(/C)c1cc(NC(=O)C(CCN)n2cccc(C)c2=O)ccc1N. The number of hydrogen-bond acceptors (Lipinski definition) is 5. The number of nitrogen functional groups attached to an aromatic ring is 1. The molecule has 7 nitrogen and oxygen atoms in total. The van der Waals surface area contributed by atoms with E-state index >= 15 is 0 Å². The monoisotopic (exact) mass is 355 g/mol. The molecule has 2 aromatic rings. The third-order valence-electron chi connectivity index (χ3n) is 4.29. The van der Waals surface area contributed by atoms with Gasteiger partial charge >= 0.3 is 0 Å². The lowest BCUT2D eigenvalue weighted by Crippen LogP contribution is -2.35. The van der Waals surface area contributed by atoms with Gasteiger partial charge in [-0.05, 0) is 51.1 Å². The Morgan fingerprint density at radius 3 is 2.73 bits per heavy atom. The van der Waals surface area contributed by atoms with E-state index in [-0.39, 0.29) is 18.0 Å². The van der Waals surface area contributed by atoms with Crippen LogP contribution in [0.4, 0.5) is 11.4 Å². The highest BCUT2D eigenvalue weighted by atomic mass is 16.2. The topological polar surface area (TPSA) is 115 Å². The fourth-order valence-electron chi connectivity index (χ4n) is 2.72. The van der Waals surface area contributed by atoms with Crippen LogP contribution < -0.4 is 22.3 Å². The van der Waals surface area contributed by atoms with Crippen molar-refractivity contribution in [2.45, 2.75) is 26.3 Å². The molecular formula is C19H25N5O2. The number of amides is 1. The molecule has 0 saturated carbocycles. The number of hydrogen-bond donors (Lipinski definition) is 3. The van der Waals surface area contributed by atoms with Gasteiger partial charge in [-0.15, -0.1) is 0 Å². The Bertz CT molecular complexity index is 886. The van der Waals surface area contributed by atoms with Gasteiger partial charge in [0.05, 0.1) is 0 Å². The van der Waals surface area contributed by atoms with Crippen LogP contribution in [0.2, 0.25) is 0 Å². The molecule has 138 valence electrons. The van der Waals surface area contributed by atoms with E-state index in [0.29, 0.717) is 23.4 Å². The van der Waals surface area contributed by atoms with Crippen molar-refractivity contribution in [1.29, 1.82) is 0 Å². The zero-order chi connectivity index (χ0) is 19.3. The zero-order valence-corrected chi connectivity index (χ0v) is 15.3. The molecule has 0 saturated heterocycles. The van der Waals surface area contributed by atoms with Crippen LogP contribution in [0.5, 0.6) is 0 Å². The molecule has 0 aliphatic heterocycles. The number of aryl methyl sites for hydroxylation is 1. The van der Waals surface area contributed by atoms with Crippen molar-refractivity contribution in [3.8, 4) is 0 Å². The van der Waals surface area contributed by atoms with Crippen LogP contribution in [0.3, 0.4) is 0 Å². The van der Waals surface area contributed by atoms with Crippen LogP contribution in [-0.2, 0) is 4.79 Å². The molecule has 1 heterocycles. The Hall–Kier alpha value is -2.93. The summed E-state index contributed by atoms with van der Waals surface area (Å²) in [4.78, 5) is 29.3. The Kier molecular flexibility index (Phi) is 6.30. The first-order valence-corrected chi connectivity index (χ1v) is 8.41. The van der Waals surface area contributed by atoms with Gasteiger partial charge in [-0.2, -0.15) is 0 Å². The number of nitrogens with zero attached hydrogens (tertiary/aromatic N) is 2. The summed E-state index contributed by atoms with van der Waals surface area (Å²) in [7, 11) is 1.68. The second-order valence-corrected chi connectivity index (χ2v) is 6.10. The number of carbonyl (C=O) groups excluding carboxylic acids is 1. The van der Waals surface area contributed by atoms with E-state index in [1.807, 2.05) is 6.92 Å². The molecule has 7 heteroatoms. The van der Waals surface area contributed by atoms with Crippen LogP contribution in [-0.4, -0.2) is 29.8 Å². The molecule has 1 aromatic heterocycles. The summed E-state index contributed by atoms with van der Waals surface area (Å²) >= 11 is 0. The molecule has 0 radical (unpaired) electrons. The second kappa shape index (κ2) is 8.44. The van der Waals surface area contributed by atoms with E-state index in [1.165, 1.54) is 4.57 Å². The average Bonchev–Trinajstić information content (AvgIpc) is 2.63. The Morgan fingerprint density at radius 1 is 1.35 bits per heavy atom. The molecule has 0 aliphatic rings. The first-order valence-electron chi connectivity index (χ1n) is 8.41. The van der Waals surface area contributed by atoms with Crippen molar-refractivity contribution >= 4 is 23.0 Å². The van der Waals surface area contributed by atoms with Crippen molar-refractivity contribution < 1.29 is 4.79 Å². The van der Waals surface area contributed by atoms with Crippen molar-refractivity contribution in [3.05, 3.63) is 58.0 Å². The Morgan fingerprint density at radius 2 is 2.08 bits per heavy atom. The van der Waals surface area contributed by atoms with Gasteiger partial charge in [0, 0.05) is 41.5 Å². The van der Waals surface area contributed by atoms with Crippen LogP contribution in [0.1, 0.15) is 30.5 Å². The van der Waals surface area contributed by atoms with Crippen LogP contribution in [0.15, 0.2) is 46.3 Å². The van der Waals surface area contributed by atoms with Gasteiger partial charge < -0.3 is 21.4 Å². The molecule has 26 heavy (non-hydrogen) atoms. The number of carbonyl (C=O) groups is 1. The van der Waals surface area contributed by atoms with Gasteiger partial charge in [0.2, 0.25) is 5.91 Å². The lowest BCUT2D eigenvalue weighted by molar-refractivity contribution is -0.119. The third-order valence-corrected chi connectivity index (χ3v) is 4.29. The molecule has 1 amide bonds. The van der Waals surface area contributed by atoms with Crippen molar-refractivity contribution in [2.24, 2.45) is 10.7 Å². The van der Waals surface area contributed by atoms with Gasteiger partial charge in [-0.3, -0.25) is 14.6 Å². The van der Waals surface area contributed by atoms with Gasteiger partial charge in [0.1, 0.15) is 6.04 Å². The molecule has 0 aliphatic carbocycles. The van der Waals surface area contributed by atoms with E-state index in [9.17, 15) is 9.59 Å². The van der Waals surface area contributed by atoms with E-state index in [4.69, 9.17) is 11.5 Å². The number of anilines is 2. The minimum Gasteiger partial charge on any atom is -0.398 e. The minimum absolute atomic E-state index is 0.201. The summed E-state index contributed by atoms with van der Waals surface area (Å²) in [6.07, 6.45) is 1.96. The van der Waals surface area contributed by atoms with Crippen molar-refractivity contribution in [1.82, 2.24) is 4.57 Å². The summed E-state index contributed by atoms with van der Waals surface area (Å²) in [6, 6.07) is 7.99. The third kappa shape index (κ3) is 4.18. The van der Waals surface area contributed by atoms with E-state index in [0.717, 1.165) is 11.3 Å². The standard InChI is InChI=1S/C19H25N5O2/c1-12-5-4-10-24(19(12)26)17(8-9-20)18(25)23-14-6-7-16(21)15(11-14)13(2)22-3/h4-7,10-11,17H,8-9,20-21H2,1-3H3,(H,23,25)/b22-13-. The van der Waals surface area contributed by atoms with E-state index in [1.54, 1.807) is 50.5 Å². The van der Waals surface area contributed by atoms with Crippen LogP contribution in [0, 0.1) is 6.92 Å². The number of rotatable bonds is 6. The molecule has 1 atom stereocenters. The highest BCUT2D eigenvalue weighted by molar-refractivity contribution is 6.04. The molecule has 0 spiro atoms. The van der Waals surface area contributed by atoms with Gasteiger partial charge in [0.15, 0.2) is 0 Å². The van der Waals surface area contributed by atoms with Crippen molar-refractivity contribution in [3.63, 3.8) is 0 Å². The Labute approximate surface area is 152 Å². The number of aromatic nitrogens is 1. The first-order chi connectivity index (χ1) is 12.4. The summed E-state index contributed by atoms with van der Waals surface area (Å²) in [5, 5.41) is 2.85. The van der Waals surface area contributed by atoms with Gasteiger partial charge in [0.25, 0.3) is 5.56 Å². The number of pyridine rings is 1. The first kappa shape index (κ1) is 19.4. The maximum absolute atomic E-state index is 12.8. The highest BCUT2D eigenvalue weighted by Gasteiger charge is 2.21. The Balaban J connectivity index is 2.34. The predicted molar refractivity (Wildman–Crippen MR) is 106 cm³/mol. The largest absolute Gasteiger partial charge is 0.398 e. The average molecular weight is 355 g/mol. The zero-order valence-electron chi connectivity index (χ0n) is 15.3. The van der Waals surface area contributed by atoms with Gasteiger partial charge in [-0.25, -0.2) is 0 Å². The second-order valence-electron chi connectivity index (χ2n) is 6.10. The lowest BCUT2D eigenvalue weighted by atomic mass is 10.1. The van der Waals surface area contributed by atoms with E-state index < -0.39 is 6.04 Å². The number of nitrogens with one attached hydrogen (secondary N) is 1. The number of aliphatic imine (C=N–C) groups is 1. The lowest BCUT2D eigenvalue weighted by Gasteiger charge is -2.19. The van der Waals surface area contributed by atoms with Crippen LogP contribution >= 0.6 is 0 Å². The fourth-order valence-corrected chi connectivity index (χ4v) is 2.72. The van der Waals surface area contributed by atoms with Crippen molar-refractivity contribution in [2.75, 3.05) is 24.6 Å². The molecule has 1 unspecified atom stereocenters. The number of nitrogens with two attached hydrogens (primary N) is 2. The highest BCUT2D eigenvalue weighted by Crippen LogP contribution is 2.20. The molecule has 0 bridgehead atoms. The quantitative estimate of drug-likeness (QED) is 0.540. The summed E-state index contributed by atoms with van der Waals surface area (Å²) in [6.45, 7) is 3.85. The fraction of sp³-hybridized carbons (Fsp3) is 0.316. The summed E-state index contributed by atoms with van der Waals surface area (Å²) in [5.41, 5.74) is 14.7. The molecule has 2 rings (SSSR count). The molecular weight excluding hydrogens is 330 g/mol. The smallest absolute Gasteiger partial charge is 0.254 e. The maximum Gasteiger partial charge on any atom is 0.254 e. The predicted octanol–water partition coefficient (Wildman–Crippen LogP) is 1.71. The normalized spacial score (nSPS) is 12.7. The van der Waals surface area contributed by atoms with Crippen LogP contribution in [0.25, 0.3) is 0 Å². The number of benzene rings is 1. The molecule has 1 aromatic carbocycles. The minimum atomic E-state index is -0.686. The van der Waals surface area contributed by atoms with E-state index in [2.05, 4.69) is 10.3 Å².